The highest BCUT2D eigenvalue weighted by Crippen LogP contribution is 2.33. The number of rotatable bonds is 9. The number of alkyl halides is 4. The Kier molecular flexibility index (Phi) is 9.10. The molecule has 2 aliphatic rings. The molecular formula is C32H34F4N4O4. The molecule has 8 nitrogen and oxygen atoms in total. The Balaban J connectivity index is 1.32. The quantitative estimate of drug-likeness (QED) is 0.260. The zero-order chi connectivity index (χ0) is 31.5. The summed E-state index contributed by atoms with van der Waals surface area (Å²) in [5.41, 5.74) is 1.24. The molecule has 3 aromatic rings. The first kappa shape index (κ1) is 31.2. The fourth-order valence-corrected chi connectivity index (χ4v) is 5.92. The number of amides is 1. The lowest BCUT2D eigenvalue weighted by atomic mass is 9.93. The van der Waals surface area contributed by atoms with E-state index in [4.69, 9.17) is 5.11 Å². The number of halogens is 4. The first-order valence-corrected chi connectivity index (χ1v) is 14.6. The molecule has 1 aromatic heterocycles. The van der Waals surface area contributed by atoms with Gasteiger partial charge in [0.15, 0.2) is 0 Å². The smallest absolute Gasteiger partial charge is 0.479 e. The first-order chi connectivity index (χ1) is 20.9. The number of nitrogens with one attached hydrogen (secondary N) is 1. The molecule has 0 radical (unpaired) electrons. The number of aliphatic carboxylic acids is 1. The Morgan fingerprint density at radius 1 is 1.07 bits per heavy atom. The summed E-state index contributed by atoms with van der Waals surface area (Å²) in [5.74, 6) is -1.79. The number of hydrogen-bond donors (Lipinski definition) is 2. The highest BCUT2D eigenvalue weighted by atomic mass is 19.4. The van der Waals surface area contributed by atoms with Crippen molar-refractivity contribution in [2.24, 2.45) is 0 Å². The number of carbonyl (C=O) groups is 2. The van der Waals surface area contributed by atoms with Gasteiger partial charge in [-0.15, -0.1) is 13.2 Å². The van der Waals surface area contributed by atoms with Crippen molar-refractivity contribution in [1.29, 1.82) is 0 Å². The highest BCUT2D eigenvalue weighted by molar-refractivity contribution is 6.04. The third kappa shape index (κ3) is 7.29. The lowest BCUT2D eigenvalue weighted by molar-refractivity contribution is -0.274. The number of carboxylic acids is 1. The largest absolute Gasteiger partial charge is 0.573 e. The fraction of sp³-hybridized carbons (Fsp3) is 0.406. The number of aromatic nitrogens is 1. The molecule has 2 fully saturated rings. The van der Waals surface area contributed by atoms with Crippen molar-refractivity contribution in [3.8, 4) is 16.9 Å². The van der Waals surface area contributed by atoms with Gasteiger partial charge in [-0.2, -0.15) is 0 Å². The number of pyridine rings is 1. The van der Waals surface area contributed by atoms with Gasteiger partial charge >= 0.3 is 12.3 Å². The molecule has 2 saturated heterocycles. The van der Waals surface area contributed by atoms with Gasteiger partial charge in [-0.25, -0.2) is 14.2 Å². The second-order valence-electron chi connectivity index (χ2n) is 11.2. The van der Waals surface area contributed by atoms with E-state index in [2.05, 4.69) is 26.9 Å². The Hall–Kier alpha value is -4.19. The summed E-state index contributed by atoms with van der Waals surface area (Å²) < 4.78 is 56.4. The predicted molar refractivity (Wildman–Crippen MR) is 157 cm³/mol. The van der Waals surface area contributed by atoms with Crippen LogP contribution in [0.5, 0.6) is 5.75 Å². The third-order valence-corrected chi connectivity index (χ3v) is 8.41. The van der Waals surface area contributed by atoms with E-state index in [-0.39, 0.29) is 37.6 Å². The molecule has 234 valence electrons. The van der Waals surface area contributed by atoms with Gasteiger partial charge in [0, 0.05) is 61.5 Å². The molecule has 2 aliphatic heterocycles. The minimum absolute atomic E-state index is 0.115. The topological polar surface area (TPSA) is 95.0 Å². The van der Waals surface area contributed by atoms with Crippen molar-refractivity contribution in [2.45, 2.75) is 63.6 Å². The second-order valence-corrected chi connectivity index (χ2v) is 11.2. The molecule has 0 unspecified atom stereocenters. The third-order valence-electron chi connectivity index (χ3n) is 8.41. The van der Waals surface area contributed by atoms with Crippen molar-refractivity contribution in [3.63, 3.8) is 0 Å². The molecule has 0 bridgehead atoms. The van der Waals surface area contributed by atoms with Gasteiger partial charge in [-0.1, -0.05) is 19.1 Å². The maximum atomic E-state index is 14.4. The van der Waals surface area contributed by atoms with E-state index in [1.807, 2.05) is 4.90 Å². The molecule has 1 amide bonds. The number of likely N-dealkylation sites (tertiary alicyclic amines) is 1. The molecule has 12 heteroatoms. The summed E-state index contributed by atoms with van der Waals surface area (Å²) in [4.78, 5) is 33.0. The Labute approximate surface area is 252 Å². The average Bonchev–Trinajstić information content (AvgIpc) is 3.44. The molecule has 2 aromatic carbocycles. The zero-order valence-corrected chi connectivity index (χ0v) is 24.2. The lowest BCUT2D eigenvalue weighted by Crippen LogP contribution is -2.46. The van der Waals surface area contributed by atoms with Crippen LogP contribution in [0.1, 0.15) is 54.9 Å². The number of piperidine rings is 1. The van der Waals surface area contributed by atoms with Crippen LogP contribution in [0.25, 0.3) is 11.1 Å². The normalized spacial score (nSPS) is 18.7. The summed E-state index contributed by atoms with van der Waals surface area (Å²) in [6.45, 7) is 4.16. The molecule has 5 rings (SSSR count). The summed E-state index contributed by atoms with van der Waals surface area (Å²) >= 11 is 0. The van der Waals surface area contributed by atoms with Gasteiger partial charge in [0.1, 0.15) is 11.6 Å². The van der Waals surface area contributed by atoms with Gasteiger partial charge in [0.05, 0.1) is 0 Å². The van der Waals surface area contributed by atoms with Gasteiger partial charge in [-0.05, 0) is 79.4 Å². The van der Waals surface area contributed by atoms with Crippen molar-refractivity contribution in [3.05, 3.63) is 71.9 Å². The molecular weight excluding hydrogens is 580 g/mol. The molecule has 0 saturated carbocycles. The van der Waals surface area contributed by atoms with E-state index in [0.29, 0.717) is 29.5 Å². The zero-order valence-electron chi connectivity index (χ0n) is 24.2. The molecule has 3 heterocycles. The molecule has 1 atom stereocenters. The average molecular weight is 615 g/mol. The van der Waals surface area contributed by atoms with Crippen LogP contribution in [0.4, 0.5) is 29.1 Å². The summed E-state index contributed by atoms with van der Waals surface area (Å²) in [6.07, 6.45) is -0.234. The molecule has 44 heavy (non-hydrogen) atoms. The maximum Gasteiger partial charge on any atom is 0.573 e. The van der Waals surface area contributed by atoms with Crippen LogP contribution in [0.2, 0.25) is 0 Å². The molecule has 2 N–H and O–H groups in total. The van der Waals surface area contributed by atoms with Crippen LogP contribution in [0.15, 0.2) is 60.8 Å². The predicted octanol–water partition coefficient (Wildman–Crippen LogP) is 6.67. The van der Waals surface area contributed by atoms with Crippen LogP contribution < -0.4 is 15.0 Å². The van der Waals surface area contributed by atoms with Crippen LogP contribution in [-0.4, -0.2) is 64.6 Å². The number of benzene rings is 2. The Bertz CT molecular complexity index is 1470. The van der Waals surface area contributed by atoms with E-state index in [9.17, 15) is 27.2 Å². The molecule has 0 aliphatic carbocycles. The lowest BCUT2D eigenvalue weighted by Gasteiger charge is -2.35. The van der Waals surface area contributed by atoms with Crippen LogP contribution >= 0.6 is 0 Å². The monoisotopic (exact) mass is 614 g/mol. The van der Waals surface area contributed by atoms with Gasteiger partial charge in [0.25, 0.3) is 5.91 Å². The minimum Gasteiger partial charge on any atom is -0.479 e. The number of carbonyl (C=O) groups excluding carboxylic acids is 1. The summed E-state index contributed by atoms with van der Waals surface area (Å²) in [7, 11) is 0. The van der Waals surface area contributed by atoms with Crippen molar-refractivity contribution in [1.82, 2.24) is 9.88 Å². The Morgan fingerprint density at radius 2 is 1.75 bits per heavy atom. The SMILES string of the molecule is CC[C@@H]1CCCN1Cc1cc(NC(=O)c2ccc(N3CCC(F)(C(=O)O)CC3)cc2)ncc1-c1ccc(OC(F)(F)F)cc1. The van der Waals surface area contributed by atoms with E-state index >= 15 is 0 Å². The summed E-state index contributed by atoms with van der Waals surface area (Å²) in [5, 5.41) is 12.0. The number of carboxylic acid groups (broad SMARTS) is 1. The van der Waals surface area contributed by atoms with E-state index in [1.54, 1.807) is 48.7 Å². The minimum atomic E-state index is -4.78. The number of anilines is 2. The standard InChI is InChI=1S/C32H34F4N4O4/c1-2-24-4-3-15-40(24)20-23-18-28(37-19-27(23)21-7-11-26(12-8-21)44-32(34,35)36)38-29(41)22-5-9-25(10-6-22)39-16-13-31(33,14-17-39)30(42)43/h5-12,18-19,24H,2-4,13-17,20H2,1H3,(H,42,43)(H,37,38,41)/t24-/m1/s1. The maximum absolute atomic E-state index is 14.4. The van der Waals surface area contributed by atoms with Crippen LogP contribution in [-0.2, 0) is 11.3 Å². The van der Waals surface area contributed by atoms with E-state index in [0.717, 1.165) is 42.6 Å². The number of ether oxygens (including phenoxy) is 1. The van der Waals surface area contributed by atoms with E-state index in [1.165, 1.54) is 12.1 Å². The fourth-order valence-electron chi connectivity index (χ4n) is 5.92. The van der Waals surface area contributed by atoms with Crippen molar-refractivity contribution >= 4 is 23.4 Å². The van der Waals surface area contributed by atoms with E-state index < -0.39 is 18.0 Å². The molecule has 0 spiro atoms. The number of hydrogen-bond acceptors (Lipinski definition) is 6. The first-order valence-electron chi connectivity index (χ1n) is 14.6. The van der Waals surface area contributed by atoms with Crippen molar-refractivity contribution in [2.75, 3.05) is 29.9 Å². The van der Waals surface area contributed by atoms with Crippen LogP contribution in [0, 0.1) is 0 Å². The summed E-state index contributed by atoms with van der Waals surface area (Å²) in [6, 6.07) is 14.6. The second kappa shape index (κ2) is 12.8. The van der Waals surface area contributed by atoms with Gasteiger partial charge in [-0.3, -0.25) is 9.69 Å². The van der Waals surface area contributed by atoms with Gasteiger partial charge in [0.2, 0.25) is 5.67 Å². The Morgan fingerprint density at radius 3 is 2.36 bits per heavy atom. The van der Waals surface area contributed by atoms with Gasteiger partial charge < -0.3 is 20.1 Å². The number of nitrogens with zero attached hydrogens (tertiary/aromatic N) is 3. The van der Waals surface area contributed by atoms with Crippen LogP contribution in [0.3, 0.4) is 0 Å². The highest BCUT2D eigenvalue weighted by Gasteiger charge is 2.42. The van der Waals surface area contributed by atoms with Crippen molar-refractivity contribution < 1.29 is 37.0 Å².